The minimum absolute atomic E-state index is 1.13. The fourth-order valence-corrected chi connectivity index (χ4v) is 2.63. The number of rotatable bonds is 1. The zero-order valence-corrected chi connectivity index (χ0v) is 9.13. The Morgan fingerprint density at radius 2 is 1.93 bits per heavy atom. The molecule has 0 aliphatic carbocycles. The summed E-state index contributed by atoms with van der Waals surface area (Å²) in [6.45, 7) is 3.62. The zero-order chi connectivity index (χ0) is 10.1. The molecule has 2 aliphatic heterocycles. The molecule has 80 valence electrons. The predicted molar refractivity (Wildman–Crippen MR) is 64.7 cm³/mol. The lowest BCUT2D eigenvalue weighted by Crippen LogP contribution is -2.19. The number of fused-ring (bicyclic) bond motifs is 1. The molecule has 0 saturated carbocycles. The number of hydrogen-bond acceptors (Lipinski definition) is 2. The molecule has 0 amide bonds. The standard InChI is InChI=1S/C13H18N2/c1-2-9-15(8-1)12-5-6-13-11(10-12)4-3-7-14-13/h5-6,10,14H,1-4,7-9H2. The summed E-state index contributed by atoms with van der Waals surface area (Å²) in [5, 5.41) is 3.46. The van der Waals surface area contributed by atoms with Crippen molar-refractivity contribution in [2.75, 3.05) is 29.9 Å². The van der Waals surface area contributed by atoms with E-state index >= 15 is 0 Å². The maximum atomic E-state index is 3.46. The van der Waals surface area contributed by atoms with Crippen molar-refractivity contribution in [2.24, 2.45) is 0 Å². The Hall–Kier alpha value is -1.18. The summed E-state index contributed by atoms with van der Waals surface area (Å²) in [6, 6.07) is 6.90. The molecule has 1 N–H and O–H groups in total. The van der Waals surface area contributed by atoms with E-state index in [1.165, 1.54) is 55.7 Å². The third-order valence-corrected chi connectivity index (χ3v) is 3.50. The van der Waals surface area contributed by atoms with E-state index < -0.39 is 0 Å². The molecular weight excluding hydrogens is 184 g/mol. The Bertz CT molecular complexity index is 354. The zero-order valence-electron chi connectivity index (χ0n) is 9.13. The fraction of sp³-hybridized carbons (Fsp3) is 0.538. The summed E-state index contributed by atoms with van der Waals surface area (Å²) in [5.41, 5.74) is 4.28. The monoisotopic (exact) mass is 202 g/mol. The molecule has 0 aromatic heterocycles. The highest BCUT2D eigenvalue weighted by Crippen LogP contribution is 2.28. The molecule has 0 unspecified atom stereocenters. The van der Waals surface area contributed by atoms with Gasteiger partial charge in [0.2, 0.25) is 0 Å². The summed E-state index contributed by atoms with van der Waals surface area (Å²) in [5.74, 6) is 0. The minimum Gasteiger partial charge on any atom is -0.385 e. The van der Waals surface area contributed by atoms with Crippen molar-refractivity contribution >= 4 is 11.4 Å². The SMILES string of the molecule is c1cc2c(cc1N1CCCC1)CCCN2. The molecule has 0 spiro atoms. The number of anilines is 2. The molecule has 1 aromatic rings. The van der Waals surface area contributed by atoms with Crippen LogP contribution in [0.2, 0.25) is 0 Å². The van der Waals surface area contributed by atoms with Gasteiger partial charge in [-0.05, 0) is 49.4 Å². The van der Waals surface area contributed by atoms with Gasteiger partial charge in [0.25, 0.3) is 0 Å². The molecule has 3 rings (SSSR count). The molecule has 1 saturated heterocycles. The second-order valence-electron chi connectivity index (χ2n) is 4.57. The third-order valence-electron chi connectivity index (χ3n) is 3.50. The van der Waals surface area contributed by atoms with E-state index in [-0.39, 0.29) is 0 Å². The minimum atomic E-state index is 1.13. The second kappa shape index (κ2) is 3.76. The van der Waals surface area contributed by atoms with Crippen LogP contribution in [-0.2, 0) is 6.42 Å². The molecule has 1 aromatic carbocycles. The van der Waals surface area contributed by atoms with Crippen LogP contribution in [0.15, 0.2) is 18.2 Å². The van der Waals surface area contributed by atoms with Gasteiger partial charge in [0.05, 0.1) is 0 Å². The number of benzene rings is 1. The number of nitrogens with one attached hydrogen (secondary N) is 1. The molecule has 2 nitrogen and oxygen atoms in total. The Kier molecular flexibility index (Phi) is 2.28. The summed E-state index contributed by atoms with van der Waals surface area (Å²) in [7, 11) is 0. The summed E-state index contributed by atoms with van der Waals surface area (Å²) >= 11 is 0. The molecule has 2 heterocycles. The lowest BCUT2D eigenvalue weighted by atomic mass is 10.0. The Balaban J connectivity index is 1.89. The van der Waals surface area contributed by atoms with Gasteiger partial charge in [-0.1, -0.05) is 0 Å². The topological polar surface area (TPSA) is 15.3 Å². The van der Waals surface area contributed by atoms with Crippen LogP contribution in [-0.4, -0.2) is 19.6 Å². The van der Waals surface area contributed by atoms with Gasteiger partial charge in [-0.3, -0.25) is 0 Å². The molecule has 0 radical (unpaired) electrons. The van der Waals surface area contributed by atoms with Crippen molar-refractivity contribution in [2.45, 2.75) is 25.7 Å². The van der Waals surface area contributed by atoms with Gasteiger partial charge in [0.1, 0.15) is 0 Å². The highest BCUT2D eigenvalue weighted by molar-refractivity contribution is 5.62. The predicted octanol–water partition coefficient (Wildman–Crippen LogP) is 2.64. The summed E-state index contributed by atoms with van der Waals surface area (Å²) < 4.78 is 0. The molecule has 2 aliphatic rings. The first-order chi connectivity index (χ1) is 7.43. The van der Waals surface area contributed by atoms with Crippen LogP contribution < -0.4 is 10.2 Å². The first-order valence-corrected chi connectivity index (χ1v) is 6.05. The van der Waals surface area contributed by atoms with E-state index in [0.717, 1.165) is 6.54 Å². The molecule has 0 atom stereocenters. The van der Waals surface area contributed by atoms with Gasteiger partial charge in [-0.2, -0.15) is 0 Å². The third kappa shape index (κ3) is 1.69. The molecule has 2 heteroatoms. The summed E-state index contributed by atoms with van der Waals surface area (Å²) in [6.07, 6.45) is 5.23. The van der Waals surface area contributed by atoms with E-state index in [9.17, 15) is 0 Å². The van der Waals surface area contributed by atoms with Crippen LogP contribution in [0.4, 0.5) is 11.4 Å². The first-order valence-electron chi connectivity index (χ1n) is 6.05. The number of hydrogen-bond donors (Lipinski definition) is 1. The van der Waals surface area contributed by atoms with Gasteiger partial charge in [0, 0.05) is 31.0 Å². The quantitative estimate of drug-likeness (QED) is 0.753. The van der Waals surface area contributed by atoms with E-state index in [4.69, 9.17) is 0 Å². The maximum Gasteiger partial charge on any atom is 0.0374 e. The Morgan fingerprint density at radius 1 is 1.07 bits per heavy atom. The van der Waals surface area contributed by atoms with Crippen LogP contribution in [0.5, 0.6) is 0 Å². The van der Waals surface area contributed by atoms with Crippen LogP contribution in [0.3, 0.4) is 0 Å². The van der Waals surface area contributed by atoms with Gasteiger partial charge in [-0.15, -0.1) is 0 Å². The average Bonchev–Trinajstić information content (AvgIpc) is 2.82. The summed E-state index contributed by atoms with van der Waals surface area (Å²) in [4.78, 5) is 2.51. The lowest BCUT2D eigenvalue weighted by Gasteiger charge is -2.23. The van der Waals surface area contributed by atoms with E-state index in [1.807, 2.05) is 0 Å². The van der Waals surface area contributed by atoms with Gasteiger partial charge >= 0.3 is 0 Å². The van der Waals surface area contributed by atoms with Crippen molar-refractivity contribution in [3.8, 4) is 0 Å². The maximum absolute atomic E-state index is 3.46. The average molecular weight is 202 g/mol. The van der Waals surface area contributed by atoms with Crippen LogP contribution in [0.25, 0.3) is 0 Å². The van der Waals surface area contributed by atoms with Crippen LogP contribution in [0.1, 0.15) is 24.8 Å². The molecular formula is C13H18N2. The fourth-order valence-electron chi connectivity index (χ4n) is 2.63. The second-order valence-corrected chi connectivity index (χ2v) is 4.57. The van der Waals surface area contributed by atoms with Crippen molar-refractivity contribution in [1.29, 1.82) is 0 Å². The highest BCUT2D eigenvalue weighted by Gasteiger charge is 2.15. The van der Waals surface area contributed by atoms with E-state index in [2.05, 4.69) is 28.4 Å². The largest absolute Gasteiger partial charge is 0.385 e. The smallest absolute Gasteiger partial charge is 0.0374 e. The van der Waals surface area contributed by atoms with Crippen LogP contribution >= 0.6 is 0 Å². The van der Waals surface area contributed by atoms with Crippen molar-refractivity contribution in [3.05, 3.63) is 23.8 Å². The normalized spacial score (nSPS) is 19.9. The lowest BCUT2D eigenvalue weighted by molar-refractivity contribution is 0.828. The first kappa shape index (κ1) is 9.08. The van der Waals surface area contributed by atoms with Gasteiger partial charge < -0.3 is 10.2 Å². The van der Waals surface area contributed by atoms with Crippen molar-refractivity contribution in [1.82, 2.24) is 0 Å². The van der Waals surface area contributed by atoms with Gasteiger partial charge in [0.15, 0.2) is 0 Å². The molecule has 15 heavy (non-hydrogen) atoms. The Morgan fingerprint density at radius 3 is 2.80 bits per heavy atom. The Labute approximate surface area is 91.3 Å². The highest BCUT2D eigenvalue weighted by atomic mass is 15.1. The van der Waals surface area contributed by atoms with Gasteiger partial charge in [-0.25, -0.2) is 0 Å². The van der Waals surface area contributed by atoms with E-state index in [0.29, 0.717) is 0 Å². The number of aryl methyl sites for hydroxylation is 1. The molecule has 0 bridgehead atoms. The van der Waals surface area contributed by atoms with Crippen LogP contribution in [0, 0.1) is 0 Å². The van der Waals surface area contributed by atoms with E-state index in [1.54, 1.807) is 0 Å². The molecule has 1 fully saturated rings. The van der Waals surface area contributed by atoms with Crippen molar-refractivity contribution in [3.63, 3.8) is 0 Å². The van der Waals surface area contributed by atoms with Crippen molar-refractivity contribution < 1.29 is 0 Å². The number of nitrogens with zero attached hydrogens (tertiary/aromatic N) is 1.